The Hall–Kier alpha value is -3.77. The molecule has 0 spiro atoms. The van der Waals surface area contributed by atoms with E-state index in [4.69, 9.17) is 44.0 Å². The van der Waals surface area contributed by atoms with Crippen LogP contribution in [0.25, 0.3) is 0 Å². The van der Waals surface area contributed by atoms with Gasteiger partial charge in [0.15, 0.2) is 17.4 Å². The highest BCUT2D eigenvalue weighted by Crippen LogP contribution is 2.27. The molecule has 0 radical (unpaired) electrons. The highest BCUT2D eigenvalue weighted by atomic mass is 19.2. The van der Waals surface area contributed by atoms with Gasteiger partial charge in [-0.3, -0.25) is 9.59 Å². The number of carbonyl (C=O) groups excluding carboxylic acids is 3. The van der Waals surface area contributed by atoms with E-state index in [-0.39, 0.29) is 63.0 Å². The van der Waals surface area contributed by atoms with Crippen molar-refractivity contribution in [1.82, 2.24) is 10.2 Å². The number of nitrogens with two attached hydrogens (primary N) is 1. The minimum Gasteiger partial charge on any atom is -0.490 e. The van der Waals surface area contributed by atoms with Gasteiger partial charge in [0.25, 0.3) is 5.91 Å². The summed E-state index contributed by atoms with van der Waals surface area (Å²) in [7, 11) is 0. The predicted octanol–water partition coefficient (Wildman–Crippen LogP) is 2.33. The third kappa shape index (κ3) is 14.4. The molecular formula is C35H49F2N3O11. The van der Waals surface area contributed by atoms with Crippen LogP contribution >= 0.6 is 0 Å². The van der Waals surface area contributed by atoms with E-state index in [1.807, 2.05) is 0 Å². The molecule has 2 aromatic carbocycles. The first-order valence-electron chi connectivity index (χ1n) is 16.7. The molecular weight excluding hydrogens is 676 g/mol. The van der Waals surface area contributed by atoms with Gasteiger partial charge >= 0.3 is 6.09 Å². The largest absolute Gasteiger partial charge is 0.490 e. The monoisotopic (exact) mass is 725 g/mol. The summed E-state index contributed by atoms with van der Waals surface area (Å²) < 4.78 is 66.7. The second-order valence-corrected chi connectivity index (χ2v) is 12.4. The van der Waals surface area contributed by atoms with Crippen LogP contribution < -0.4 is 15.8 Å². The lowest BCUT2D eigenvalue weighted by molar-refractivity contribution is -0.0146. The fraction of sp³-hybridized carbons (Fsp3) is 0.571. The van der Waals surface area contributed by atoms with E-state index in [2.05, 4.69) is 5.32 Å². The molecule has 1 saturated heterocycles. The fourth-order valence-electron chi connectivity index (χ4n) is 4.75. The van der Waals surface area contributed by atoms with Crippen LogP contribution in [0.4, 0.5) is 13.6 Å². The topological polar surface area (TPSA) is 177 Å². The Labute approximate surface area is 296 Å². The summed E-state index contributed by atoms with van der Waals surface area (Å²) in [4.78, 5) is 40.1. The minimum atomic E-state index is -1.36. The van der Waals surface area contributed by atoms with Gasteiger partial charge in [0.05, 0.1) is 78.7 Å². The molecule has 4 N–H and O–H groups in total. The third-order valence-electron chi connectivity index (χ3n) is 7.24. The van der Waals surface area contributed by atoms with Crippen molar-refractivity contribution in [2.45, 2.75) is 38.5 Å². The molecule has 0 aliphatic carbocycles. The van der Waals surface area contributed by atoms with E-state index in [9.17, 15) is 23.2 Å². The molecule has 16 heteroatoms. The fourth-order valence-corrected chi connectivity index (χ4v) is 4.75. The minimum absolute atomic E-state index is 0.00307. The number of likely N-dealkylation sites (tertiary alicyclic amines) is 1. The Morgan fingerprint density at radius 2 is 1.29 bits per heavy atom. The highest BCUT2D eigenvalue weighted by Gasteiger charge is 2.36. The van der Waals surface area contributed by atoms with E-state index >= 15 is 0 Å². The van der Waals surface area contributed by atoms with Gasteiger partial charge in [-0.2, -0.15) is 0 Å². The number of amides is 2. The van der Waals surface area contributed by atoms with Crippen molar-refractivity contribution >= 4 is 17.8 Å². The summed E-state index contributed by atoms with van der Waals surface area (Å²) in [6.07, 6.45) is -0.529. The molecule has 1 aliphatic rings. The molecule has 0 saturated carbocycles. The summed E-state index contributed by atoms with van der Waals surface area (Å²) in [6, 6.07) is 6.38. The van der Waals surface area contributed by atoms with Crippen molar-refractivity contribution in [3.8, 4) is 5.75 Å². The summed E-state index contributed by atoms with van der Waals surface area (Å²) >= 11 is 0. The zero-order valence-corrected chi connectivity index (χ0v) is 29.3. The van der Waals surface area contributed by atoms with Crippen LogP contribution in [0.5, 0.6) is 5.75 Å². The number of nitrogens with zero attached hydrogens (tertiary/aromatic N) is 1. The number of ketones is 1. The Balaban J connectivity index is 1.40. The lowest BCUT2D eigenvalue weighted by Crippen LogP contribution is -2.46. The summed E-state index contributed by atoms with van der Waals surface area (Å²) in [6.45, 7) is 8.85. The number of hydrogen-bond acceptors (Lipinski definition) is 12. The van der Waals surface area contributed by atoms with Crippen molar-refractivity contribution in [2.75, 3.05) is 92.4 Å². The molecule has 2 atom stereocenters. The van der Waals surface area contributed by atoms with Crippen molar-refractivity contribution in [3.63, 3.8) is 0 Å². The van der Waals surface area contributed by atoms with E-state index < -0.39 is 52.7 Å². The molecule has 3 rings (SSSR count). The van der Waals surface area contributed by atoms with Crippen LogP contribution in [0.15, 0.2) is 36.4 Å². The normalized spacial score (nSPS) is 15.9. The second-order valence-electron chi connectivity index (χ2n) is 12.4. The number of rotatable bonds is 22. The van der Waals surface area contributed by atoms with Crippen LogP contribution in [-0.2, 0) is 28.4 Å². The highest BCUT2D eigenvalue weighted by molar-refractivity contribution is 6.11. The average molecular weight is 726 g/mol. The number of ether oxygens (including phenoxy) is 7. The van der Waals surface area contributed by atoms with Crippen molar-refractivity contribution in [1.29, 1.82) is 0 Å². The van der Waals surface area contributed by atoms with Crippen molar-refractivity contribution in [2.24, 2.45) is 5.73 Å². The lowest BCUT2D eigenvalue weighted by Gasteiger charge is -2.24. The second kappa shape index (κ2) is 21.6. The van der Waals surface area contributed by atoms with Crippen molar-refractivity contribution < 1.29 is 61.4 Å². The van der Waals surface area contributed by atoms with Gasteiger partial charge in [0, 0.05) is 30.3 Å². The quantitative estimate of drug-likeness (QED) is 0.120. The molecule has 1 fully saturated rings. The number of carbonyl (C=O) groups is 3. The molecule has 0 bridgehead atoms. The van der Waals surface area contributed by atoms with E-state index in [1.54, 1.807) is 20.8 Å². The molecule has 2 amide bonds. The summed E-state index contributed by atoms with van der Waals surface area (Å²) in [5.74, 6) is -4.07. The third-order valence-corrected chi connectivity index (χ3v) is 7.24. The van der Waals surface area contributed by atoms with E-state index in [0.29, 0.717) is 46.2 Å². The van der Waals surface area contributed by atoms with Gasteiger partial charge in [0.1, 0.15) is 23.5 Å². The van der Waals surface area contributed by atoms with Crippen LogP contribution in [0.3, 0.4) is 0 Å². The molecule has 0 unspecified atom stereocenters. The molecule has 14 nitrogen and oxygen atoms in total. The number of halogens is 2. The zero-order valence-electron chi connectivity index (χ0n) is 29.3. The zero-order chi connectivity index (χ0) is 37.2. The first-order valence-corrected chi connectivity index (χ1v) is 16.7. The van der Waals surface area contributed by atoms with Crippen LogP contribution in [-0.4, -0.2) is 138 Å². The Kier molecular flexibility index (Phi) is 17.6. The predicted molar refractivity (Wildman–Crippen MR) is 180 cm³/mol. The van der Waals surface area contributed by atoms with Crippen LogP contribution in [0.1, 0.15) is 47.1 Å². The Morgan fingerprint density at radius 3 is 1.82 bits per heavy atom. The number of nitrogens with one attached hydrogen (secondary N) is 1. The molecule has 51 heavy (non-hydrogen) atoms. The molecule has 0 aromatic heterocycles. The summed E-state index contributed by atoms with van der Waals surface area (Å²) in [5.41, 5.74) is 5.09. The maximum atomic E-state index is 14.9. The summed E-state index contributed by atoms with van der Waals surface area (Å²) in [5, 5.41) is 11.4. The molecule has 284 valence electrons. The smallest absolute Gasteiger partial charge is 0.410 e. The first kappa shape index (κ1) is 41.6. The first-order chi connectivity index (χ1) is 24.4. The van der Waals surface area contributed by atoms with Crippen LogP contribution in [0, 0.1) is 11.6 Å². The van der Waals surface area contributed by atoms with E-state index in [1.165, 1.54) is 29.2 Å². The number of aliphatic hydroxyl groups excluding tert-OH is 1. The van der Waals surface area contributed by atoms with Gasteiger partial charge in [-0.05, 0) is 45.0 Å². The molecule has 2 aromatic rings. The van der Waals surface area contributed by atoms with Crippen molar-refractivity contribution in [3.05, 3.63) is 64.7 Å². The van der Waals surface area contributed by atoms with Gasteiger partial charge in [0.2, 0.25) is 0 Å². The maximum Gasteiger partial charge on any atom is 0.410 e. The van der Waals surface area contributed by atoms with E-state index in [0.717, 1.165) is 12.1 Å². The molecule has 1 aliphatic heterocycles. The van der Waals surface area contributed by atoms with Crippen LogP contribution in [0.2, 0.25) is 0 Å². The van der Waals surface area contributed by atoms with Gasteiger partial charge in [-0.25, -0.2) is 13.6 Å². The Bertz CT molecular complexity index is 1390. The Morgan fingerprint density at radius 1 is 0.784 bits per heavy atom. The average Bonchev–Trinajstić information content (AvgIpc) is 3.46. The van der Waals surface area contributed by atoms with Gasteiger partial charge in [-0.1, -0.05) is 12.1 Å². The SMILES string of the molecule is CC(C)(C)OC(=O)N1C[C@@H](N)[C@H](NC(=O)c2ccc(C(=O)c3c(OCCOCCOCCOCCOCCOCCO)ccc(F)c3F)cc2)C1. The maximum absolute atomic E-state index is 14.9. The molecule has 1 heterocycles. The number of hydrogen-bond donors (Lipinski definition) is 3. The lowest BCUT2D eigenvalue weighted by atomic mass is 10.00. The van der Waals surface area contributed by atoms with Gasteiger partial charge in [-0.15, -0.1) is 0 Å². The number of aliphatic hydroxyl groups is 1. The van der Waals surface area contributed by atoms with Gasteiger partial charge < -0.3 is 54.2 Å². The number of benzene rings is 2. The standard InChI is InChI=1S/C35H49F2N3O11/c1-35(2,3)51-34(44)40-22-27(38)28(23-40)39-33(43)25-6-4-24(5-7-25)32(42)30-29(9-8-26(36)31(30)37)50-21-20-49-19-18-48-17-16-47-15-14-46-13-12-45-11-10-41/h4-9,27-28,41H,10-23,38H2,1-3H3,(H,39,43)/t27-,28-/m1/s1.